The van der Waals surface area contributed by atoms with Gasteiger partial charge in [-0.25, -0.2) is 0 Å². The molecule has 1 aromatic heterocycles. The third-order valence-electron chi connectivity index (χ3n) is 1.34. The van der Waals surface area contributed by atoms with Crippen molar-refractivity contribution in [1.82, 2.24) is 10.2 Å². The average molecular weight is 137 g/mol. The maximum absolute atomic E-state index is 5.19. The van der Waals surface area contributed by atoms with Gasteiger partial charge in [0.1, 0.15) is 12.3 Å². The van der Waals surface area contributed by atoms with Crippen LogP contribution in [0.25, 0.3) is 0 Å². The van der Waals surface area contributed by atoms with Gasteiger partial charge < -0.3 is 10.1 Å². The van der Waals surface area contributed by atoms with Gasteiger partial charge in [0.15, 0.2) is 0 Å². The SMILES string of the molecule is c1cc2c(nn1)OCCN2. The predicted molar refractivity (Wildman–Crippen MR) is 36.0 cm³/mol. The van der Waals surface area contributed by atoms with E-state index in [4.69, 9.17) is 4.74 Å². The van der Waals surface area contributed by atoms with Gasteiger partial charge in [-0.3, -0.25) is 0 Å². The molecular formula is C6H7N3O. The molecule has 0 amide bonds. The largest absolute Gasteiger partial charge is 0.473 e. The van der Waals surface area contributed by atoms with Crippen molar-refractivity contribution in [2.24, 2.45) is 0 Å². The normalized spacial score (nSPS) is 14.8. The number of hydrogen-bond donors (Lipinski definition) is 1. The molecule has 0 fully saturated rings. The summed E-state index contributed by atoms with van der Waals surface area (Å²) in [6, 6.07) is 1.85. The van der Waals surface area contributed by atoms with E-state index < -0.39 is 0 Å². The molecular weight excluding hydrogens is 130 g/mol. The third kappa shape index (κ3) is 0.775. The Kier molecular flexibility index (Phi) is 1.16. The smallest absolute Gasteiger partial charge is 0.257 e. The Morgan fingerprint density at radius 3 is 3.50 bits per heavy atom. The molecule has 2 rings (SSSR count). The van der Waals surface area contributed by atoms with E-state index in [0.29, 0.717) is 12.5 Å². The summed E-state index contributed by atoms with van der Waals surface area (Å²) in [7, 11) is 0. The van der Waals surface area contributed by atoms with Gasteiger partial charge in [0.2, 0.25) is 0 Å². The summed E-state index contributed by atoms with van der Waals surface area (Å²) in [5, 5.41) is 10.6. The molecule has 1 N–H and O–H groups in total. The van der Waals surface area contributed by atoms with Gasteiger partial charge in [0, 0.05) is 6.54 Å². The summed E-state index contributed by atoms with van der Waals surface area (Å²) in [6.45, 7) is 1.52. The molecule has 4 heteroatoms. The molecule has 0 aromatic carbocycles. The monoisotopic (exact) mass is 137 g/mol. The van der Waals surface area contributed by atoms with Gasteiger partial charge in [-0.2, -0.15) is 5.10 Å². The van der Waals surface area contributed by atoms with Crippen LogP contribution in [0.5, 0.6) is 5.88 Å². The number of ether oxygens (including phenoxy) is 1. The van der Waals surface area contributed by atoms with Crippen molar-refractivity contribution in [3.8, 4) is 5.88 Å². The Labute approximate surface area is 58.2 Å². The number of nitrogens with zero attached hydrogens (tertiary/aromatic N) is 2. The molecule has 0 spiro atoms. The quantitative estimate of drug-likeness (QED) is 0.558. The highest BCUT2D eigenvalue weighted by atomic mass is 16.5. The maximum Gasteiger partial charge on any atom is 0.257 e. The van der Waals surface area contributed by atoms with Crippen molar-refractivity contribution in [3.05, 3.63) is 12.3 Å². The fraction of sp³-hybridized carbons (Fsp3) is 0.333. The van der Waals surface area contributed by atoms with E-state index in [9.17, 15) is 0 Å². The summed E-state index contributed by atoms with van der Waals surface area (Å²) < 4.78 is 5.19. The highest BCUT2D eigenvalue weighted by Gasteiger charge is 2.08. The molecule has 0 saturated heterocycles. The third-order valence-corrected chi connectivity index (χ3v) is 1.34. The van der Waals surface area contributed by atoms with Crippen LogP contribution in [-0.4, -0.2) is 23.3 Å². The number of anilines is 1. The second-order valence-corrected chi connectivity index (χ2v) is 2.03. The first-order valence-electron chi connectivity index (χ1n) is 3.15. The standard InChI is InChI=1S/C6H7N3O/c1-2-8-9-6-5(1)7-3-4-10-6/h1-2,7H,3-4H2. The fourth-order valence-electron chi connectivity index (χ4n) is 0.893. The molecule has 0 radical (unpaired) electrons. The zero-order chi connectivity index (χ0) is 6.81. The molecule has 1 aromatic rings. The van der Waals surface area contributed by atoms with E-state index in [-0.39, 0.29) is 0 Å². The van der Waals surface area contributed by atoms with Crippen LogP contribution in [0, 0.1) is 0 Å². The van der Waals surface area contributed by atoms with Crippen molar-refractivity contribution in [2.75, 3.05) is 18.5 Å². The summed E-state index contributed by atoms with van der Waals surface area (Å²) >= 11 is 0. The van der Waals surface area contributed by atoms with E-state index in [1.54, 1.807) is 6.20 Å². The van der Waals surface area contributed by atoms with Crippen LogP contribution in [0.3, 0.4) is 0 Å². The summed E-state index contributed by atoms with van der Waals surface area (Å²) in [5.74, 6) is 0.605. The van der Waals surface area contributed by atoms with Gasteiger partial charge in [0.05, 0.1) is 6.20 Å². The minimum absolute atomic E-state index is 0.605. The van der Waals surface area contributed by atoms with Crippen LogP contribution in [0.2, 0.25) is 0 Å². The van der Waals surface area contributed by atoms with Gasteiger partial charge in [-0.1, -0.05) is 0 Å². The minimum Gasteiger partial charge on any atom is -0.473 e. The second-order valence-electron chi connectivity index (χ2n) is 2.03. The Morgan fingerprint density at radius 2 is 2.60 bits per heavy atom. The van der Waals surface area contributed by atoms with Crippen LogP contribution in [0.1, 0.15) is 0 Å². The predicted octanol–water partition coefficient (Wildman–Crippen LogP) is 0.281. The maximum atomic E-state index is 5.19. The zero-order valence-electron chi connectivity index (χ0n) is 5.37. The highest BCUT2D eigenvalue weighted by Crippen LogP contribution is 2.21. The van der Waals surface area contributed by atoms with Crippen LogP contribution in [0.15, 0.2) is 12.3 Å². The molecule has 1 aliphatic heterocycles. The van der Waals surface area contributed by atoms with Crippen molar-refractivity contribution >= 4 is 5.69 Å². The van der Waals surface area contributed by atoms with E-state index >= 15 is 0 Å². The lowest BCUT2D eigenvalue weighted by atomic mass is 10.4. The van der Waals surface area contributed by atoms with E-state index in [1.807, 2.05) is 6.07 Å². The van der Waals surface area contributed by atoms with Crippen molar-refractivity contribution in [3.63, 3.8) is 0 Å². The molecule has 0 bridgehead atoms. The number of aromatic nitrogens is 2. The van der Waals surface area contributed by atoms with Gasteiger partial charge in [-0.15, -0.1) is 5.10 Å². The number of nitrogens with one attached hydrogen (secondary N) is 1. The Bertz CT molecular complexity index is 213. The lowest BCUT2D eigenvalue weighted by molar-refractivity contribution is 0.306. The molecule has 52 valence electrons. The van der Waals surface area contributed by atoms with Crippen molar-refractivity contribution in [1.29, 1.82) is 0 Å². The van der Waals surface area contributed by atoms with E-state index in [1.165, 1.54) is 0 Å². The number of rotatable bonds is 0. The molecule has 1 aliphatic rings. The molecule has 0 atom stereocenters. The average Bonchev–Trinajstić information content (AvgIpc) is 2.05. The van der Waals surface area contributed by atoms with Crippen molar-refractivity contribution in [2.45, 2.75) is 0 Å². The Balaban J connectivity index is 2.41. The Morgan fingerprint density at radius 1 is 1.60 bits per heavy atom. The molecule has 4 nitrogen and oxygen atoms in total. The zero-order valence-corrected chi connectivity index (χ0v) is 5.37. The number of hydrogen-bond acceptors (Lipinski definition) is 4. The number of fused-ring (bicyclic) bond motifs is 1. The van der Waals surface area contributed by atoms with Crippen LogP contribution >= 0.6 is 0 Å². The molecule has 10 heavy (non-hydrogen) atoms. The van der Waals surface area contributed by atoms with E-state index in [0.717, 1.165) is 12.2 Å². The Hall–Kier alpha value is -1.32. The van der Waals surface area contributed by atoms with Crippen LogP contribution in [-0.2, 0) is 0 Å². The van der Waals surface area contributed by atoms with Gasteiger partial charge >= 0.3 is 0 Å². The molecule has 0 aliphatic carbocycles. The van der Waals surface area contributed by atoms with Crippen LogP contribution < -0.4 is 10.1 Å². The summed E-state index contributed by atoms with van der Waals surface area (Å²) in [6.07, 6.45) is 1.64. The van der Waals surface area contributed by atoms with E-state index in [2.05, 4.69) is 15.5 Å². The van der Waals surface area contributed by atoms with Crippen LogP contribution in [0.4, 0.5) is 5.69 Å². The second kappa shape index (κ2) is 2.13. The molecule has 0 saturated carbocycles. The van der Waals surface area contributed by atoms with Crippen molar-refractivity contribution < 1.29 is 4.74 Å². The first-order valence-corrected chi connectivity index (χ1v) is 3.15. The summed E-state index contributed by atoms with van der Waals surface area (Å²) in [4.78, 5) is 0. The lowest BCUT2D eigenvalue weighted by Crippen LogP contribution is -2.18. The fourth-order valence-corrected chi connectivity index (χ4v) is 0.893. The molecule has 0 unspecified atom stereocenters. The van der Waals surface area contributed by atoms with Gasteiger partial charge in [-0.05, 0) is 6.07 Å². The first-order chi connectivity index (χ1) is 4.97. The minimum atomic E-state index is 0.605. The van der Waals surface area contributed by atoms with Gasteiger partial charge in [0.25, 0.3) is 5.88 Å². The summed E-state index contributed by atoms with van der Waals surface area (Å²) in [5.41, 5.74) is 0.932. The molecule has 2 heterocycles. The lowest BCUT2D eigenvalue weighted by Gasteiger charge is -2.15. The highest BCUT2D eigenvalue weighted by molar-refractivity contribution is 5.52. The first kappa shape index (κ1) is 5.46. The topological polar surface area (TPSA) is 47.0 Å².